The first-order valence-electron chi connectivity index (χ1n) is 8.10. The number of halogens is 4. The van der Waals surface area contributed by atoms with Crippen LogP contribution in [0.15, 0.2) is 36.5 Å². The summed E-state index contributed by atoms with van der Waals surface area (Å²) in [7, 11) is 1.36. The van der Waals surface area contributed by atoms with Crippen LogP contribution in [0.3, 0.4) is 0 Å². The van der Waals surface area contributed by atoms with Gasteiger partial charge in [-0.3, -0.25) is 4.98 Å². The maximum absolute atomic E-state index is 13.6. The van der Waals surface area contributed by atoms with Crippen molar-refractivity contribution in [1.29, 1.82) is 0 Å². The summed E-state index contributed by atoms with van der Waals surface area (Å²) in [6.07, 6.45) is -4.79. The van der Waals surface area contributed by atoms with Gasteiger partial charge in [0.15, 0.2) is 5.60 Å². The third kappa shape index (κ3) is 4.52. The molecule has 2 atom stereocenters. The number of nitrogens with zero attached hydrogens (tertiary/aromatic N) is 1. The highest BCUT2D eigenvalue weighted by molar-refractivity contribution is 5.37. The van der Waals surface area contributed by atoms with E-state index in [2.05, 4.69) is 4.98 Å². The lowest BCUT2D eigenvalue weighted by atomic mass is 9.83. The van der Waals surface area contributed by atoms with Crippen LogP contribution in [0.5, 0.6) is 5.75 Å². The molecule has 0 aliphatic heterocycles. The molecule has 1 aromatic heterocycles. The SMILES string of the molecule is COc1ccc(F)cc1C(C)CC(O)(Cc1cc(C)ccn1)C(F)(F)F. The summed E-state index contributed by atoms with van der Waals surface area (Å²) in [5, 5.41) is 10.5. The minimum Gasteiger partial charge on any atom is -0.496 e. The molecule has 0 bridgehead atoms. The van der Waals surface area contributed by atoms with Gasteiger partial charge in [0.25, 0.3) is 0 Å². The number of aromatic nitrogens is 1. The van der Waals surface area contributed by atoms with E-state index in [1.807, 2.05) is 0 Å². The number of rotatable bonds is 6. The largest absolute Gasteiger partial charge is 0.496 e. The van der Waals surface area contributed by atoms with Gasteiger partial charge in [0.1, 0.15) is 11.6 Å². The first kappa shape index (κ1) is 20.2. The molecule has 3 nitrogen and oxygen atoms in total. The summed E-state index contributed by atoms with van der Waals surface area (Å²) >= 11 is 0. The number of ether oxygens (including phenoxy) is 1. The normalized spacial score (nSPS) is 15.4. The zero-order valence-electron chi connectivity index (χ0n) is 14.8. The molecule has 2 unspecified atom stereocenters. The highest BCUT2D eigenvalue weighted by atomic mass is 19.4. The van der Waals surface area contributed by atoms with Gasteiger partial charge in [0, 0.05) is 18.3 Å². The molecule has 2 aromatic rings. The average molecular weight is 371 g/mol. The third-order valence-electron chi connectivity index (χ3n) is 4.34. The molecule has 0 aliphatic rings. The van der Waals surface area contributed by atoms with Crippen LogP contribution in [-0.4, -0.2) is 29.0 Å². The smallest absolute Gasteiger partial charge is 0.417 e. The lowest BCUT2D eigenvalue weighted by Crippen LogP contribution is -2.48. The Kier molecular flexibility index (Phi) is 5.91. The van der Waals surface area contributed by atoms with Crippen molar-refractivity contribution in [3.8, 4) is 5.75 Å². The lowest BCUT2D eigenvalue weighted by Gasteiger charge is -2.33. The van der Waals surface area contributed by atoms with Gasteiger partial charge >= 0.3 is 6.18 Å². The zero-order valence-corrected chi connectivity index (χ0v) is 14.8. The van der Waals surface area contributed by atoms with Crippen LogP contribution in [-0.2, 0) is 6.42 Å². The van der Waals surface area contributed by atoms with Crippen molar-refractivity contribution in [3.63, 3.8) is 0 Å². The third-order valence-corrected chi connectivity index (χ3v) is 4.34. The van der Waals surface area contributed by atoms with Gasteiger partial charge in [-0.2, -0.15) is 13.2 Å². The molecule has 1 N–H and O–H groups in total. The molecule has 0 amide bonds. The molecule has 2 rings (SSSR count). The summed E-state index contributed by atoms with van der Waals surface area (Å²) < 4.78 is 59.6. The molecule has 0 radical (unpaired) electrons. The molecular weight excluding hydrogens is 350 g/mol. The Hall–Kier alpha value is -2.15. The van der Waals surface area contributed by atoms with Gasteiger partial charge in [0.05, 0.1) is 7.11 Å². The monoisotopic (exact) mass is 371 g/mol. The summed E-state index contributed by atoms with van der Waals surface area (Å²) in [6.45, 7) is 3.23. The zero-order chi connectivity index (χ0) is 19.5. The number of benzene rings is 1. The summed E-state index contributed by atoms with van der Waals surface area (Å²) in [4.78, 5) is 3.92. The van der Waals surface area contributed by atoms with Crippen LogP contribution in [0.1, 0.15) is 36.1 Å². The fourth-order valence-corrected chi connectivity index (χ4v) is 2.99. The Bertz CT molecular complexity index is 763. The van der Waals surface area contributed by atoms with Crippen LogP contribution >= 0.6 is 0 Å². The van der Waals surface area contributed by atoms with Gasteiger partial charge in [-0.15, -0.1) is 0 Å². The van der Waals surface area contributed by atoms with Crippen molar-refractivity contribution in [1.82, 2.24) is 4.98 Å². The van der Waals surface area contributed by atoms with Crippen LogP contribution in [0, 0.1) is 12.7 Å². The Labute approximate surface area is 149 Å². The second kappa shape index (κ2) is 7.61. The van der Waals surface area contributed by atoms with Gasteiger partial charge in [-0.1, -0.05) is 6.92 Å². The second-order valence-corrected chi connectivity index (χ2v) is 6.52. The number of methoxy groups -OCH3 is 1. The van der Waals surface area contributed by atoms with Crippen molar-refractivity contribution in [2.24, 2.45) is 0 Å². The molecule has 0 saturated heterocycles. The standard InChI is InChI=1S/C19H21F4NO2/c1-12-6-7-24-15(8-12)11-18(25,19(21,22)23)10-13(2)16-9-14(20)4-5-17(16)26-3/h4-9,13,25H,10-11H2,1-3H3. The minimum atomic E-state index is -4.87. The molecule has 0 spiro atoms. The Morgan fingerprint density at radius 2 is 1.88 bits per heavy atom. The number of aliphatic hydroxyl groups is 1. The first-order valence-corrected chi connectivity index (χ1v) is 8.10. The Morgan fingerprint density at radius 3 is 2.46 bits per heavy atom. The summed E-state index contributed by atoms with van der Waals surface area (Å²) in [5.74, 6) is -1.10. The molecule has 142 valence electrons. The molecular formula is C19H21F4NO2. The first-order chi connectivity index (χ1) is 12.1. The van der Waals surface area contributed by atoms with E-state index < -0.39 is 36.4 Å². The molecule has 7 heteroatoms. The van der Waals surface area contributed by atoms with Gasteiger partial charge in [0.2, 0.25) is 0 Å². The van der Waals surface area contributed by atoms with E-state index in [1.165, 1.54) is 38.4 Å². The van der Waals surface area contributed by atoms with Crippen LogP contribution in [0.25, 0.3) is 0 Å². The van der Waals surface area contributed by atoms with E-state index in [9.17, 15) is 22.7 Å². The summed E-state index contributed by atoms with van der Waals surface area (Å²) in [6, 6.07) is 6.82. The highest BCUT2D eigenvalue weighted by Crippen LogP contribution is 2.42. The highest BCUT2D eigenvalue weighted by Gasteiger charge is 2.54. The van der Waals surface area contributed by atoms with E-state index >= 15 is 0 Å². The van der Waals surface area contributed by atoms with Crippen molar-refractivity contribution in [2.75, 3.05) is 7.11 Å². The van der Waals surface area contributed by atoms with Crippen molar-refractivity contribution >= 4 is 0 Å². The number of hydrogen-bond donors (Lipinski definition) is 1. The molecule has 1 aromatic carbocycles. The predicted octanol–water partition coefficient (Wildman–Crippen LogP) is 4.57. The molecule has 26 heavy (non-hydrogen) atoms. The molecule has 0 aliphatic carbocycles. The predicted molar refractivity (Wildman–Crippen MR) is 89.7 cm³/mol. The van der Waals surface area contributed by atoms with Gasteiger partial charge in [-0.25, -0.2) is 4.39 Å². The average Bonchev–Trinajstić information content (AvgIpc) is 2.53. The van der Waals surface area contributed by atoms with Crippen molar-refractivity contribution in [2.45, 2.75) is 44.4 Å². The fraction of sp³-hybridized carbons (Fsp3) is 0.421. The van der Waals surface area contributed by atoms with E-state index in [1.54, 1.807) is 13.0 Å². The van der Waals surface area contributed by atoms with Crippen LogP contribution in [0.4, 0.5) is 17.6 Å². The molecule has 1 heterocycles. The van der Waals surface area contributed by atoms with Crippen LogP contribution in [0.2, 0.25) is 0 Å². The van der Waals surface area contributed by atoms with E-state index in [4.69, 9.17) is 4.74 Å². The number of alkyl halides is 3. The Balaban J connectivity index is 2.34. The number of pyridine rings is 1. The Morgan fingerprint density at radius 1 is 1.19 bits per heavy atom. The van der Waals surface area contributed by atoms with Gasteiger partial charge < -0.3 is 9.84 Å². The lowest BCUT2D eigenvalue weighted by molar-refractivity contribution is -0.263. The van der Waals surface area contributed by atoms with E-state index in [0.717, 1.165) is 11.6 Å². The molecule has 0 fully saturated rings. The van der Waals surface area contributed by atoms with E-state index in [0.29, 0.717) is 0 Å². The second-order valence-electron chi connectivity index (χ2n) is 6.52. The van der Waals surface area contributed by atoms with Crippen molar-refractivity contribution < 1.29 is 27.4 Å². The van der Waals surface area contributed by atoms with Crippen LogP contribution < -0.4 is 4.74 Å². The quantitative estimate of drug-likeness (QED) is 0.757. The maximum Gasteiger partial charge on any atom is 0.417 e. The van der Waals surface area contributed by atoms with E-state index in [-0.39, 0.29) is 17.0 Å². The van der Waals surface area contributed by atoms with Gasteiger partial charge in [-0.05, 0) is 60.7 Å². The maximum atomic E-state index is 13.6. The fourth-order valence-electron chi connectivity index (χ4n) is 2.99. The minimum absolute atomic E-state index is 0.142. The topological polar surface area (TPSA) is 42.4 Å². The number of hydrogen-bond acceptors (Lipinski definition) is 3. The molecule has 0 saturated carbocycles. The number of aryl methyl sites for hydroxylation is 1. The van der Waals surface area contributed by atoms with Crippen molar-refractivity contribution in [3.05, 3.63) is 59.2 Å². The summed E-state index contributed by atoms with van der Waals surface area (Å²) in [5.41, 5.74) is -1.83.